The Hall–Kier alpha value is -4.71. The van der Waals surface area contributed by atoms with E-state index >= 15 is 0 Å². The highest BCUT2D eigenvalue weighted by Crippen LogP contribution is 2.33. The van der Waals surface area contributed by atoms with Gasteiger partial charge in [-0.3, -0.25) is 9.55 Å². The number of alkyl halides is 3. The molecule has 0 unspecified atom stereocenters. The topological polar surface area (TPSA) is 119 Å². The summed E-state index contributed by atoms with van der Waals surface area (Å²) in [7, 11) is 0. The summed E-state index contributed by atoms with van der Waals surface area (Å²) in [4.78, 5) is 27.2. The van der Waals surface area contributed by atoms with Gasteiger partial charge in [0.25, 0.3) is 0 Å². The Labute approximate surface area is 220 Å². The molecule has 6 aromatic rings. The van der Waals surface area contributed by atoms with Gasteiger partial charge < -0.3 is 14.0 Å². The Morgan fingerprint density at radius 1 is 1.00 bits per heavy atom. The predicted molar refractivity (Wildman–Crippen MR) is 134 cm³/mol. The van der Waals surface area contributed by atoms with Crippen LogP contribution in [0.3, 0.4) is 0 Å². The molecule has 13 heteroatoms. The summed E-state index contributed by atoms with van der Waals surface area (Å²) in [6, 6.07) is 14.6. The molecule has 0 aliphatic carbocycles. The van der Waals surface area contributed by atoms with E-state index in [1.165, 1.54) is 21.3 Å². The molecular formula is C26H16ClF3N4O5. The Bertz CT molecular complexity index is 2000. The van der Waals surface area contributed by atoms with Crippen LogP contribution in [0.2, 0.25) is 5.02 Å². The first-order chi connectivity index (χ1) is 18.6. The summed E-state index contributed by atoms with van der Waals surface area (Å²) in [5, 5.41) is 14.7. The number of hydrogen-bond acceptors (Lipinski definition) is 6. The van der Waals surface area contributed by atoms with Crippen molar-refractivity contribution in [1.29, 1.82) is 0 Å². The van der Waals surface area contributed by atoms with Gasteiger partial charge in [-0.2, -0.15) is 13.2 Å². The number of nitrogens with one attached hydrogen (secondary N) is 1. The second-order valence-electron chi connectivity index (χ2n) is 8.84. The smallest absolute Gasteiger partial charge is 0.419 e. The normalized spacial score (nSPS) is 12.1. The van der Waals surface area contributed by atoms with Crippen molar-refractivity contribution >= 4 is 33.6 Å². The van der Waals surface area contributed by atoms with Crippen LogP contribution in [0.4, 0.5) is 13.2 Å². The number of fused-ring (bicyclic) bond motifs is 2. The maximum absolute atomic E-state index is 13.7. The van der Waals surface area contributed by atoms with E-state index in [-0.39, 0.29) is 35.6 Å². The Kier molecular flexibility index (Phi) is 5.65. The molecule has 6 rings (SSSR count). The molecule has 0 fully saturated rings. The van der Waals surface area contributed by atoms with Crippen molar-refractivity contribution in [2.45, 2.75) is 19.1 Å². The van der Waals surface area contributed by atoms with Crippen LogP contribution >= 0.6 is 11.6 Å². The first-order valence-electron chi connectivity index (χ1n) is 11.4. The number of aromatic nitrogens is 4. The van der Waals surface area contributed by atoms with E-state index in [9.17, 15) is 27.9 Å². The number of rotatable bonds is 5. The Morgan fingerprint density at radius 3 is 2.54 bits per heavy atom. The lowest BCUT2D eigenvalue weighted by atomic mass is 10.1. The molecule has 9 nitrogen and oxygen atoms in total. The van der Waals surface area contributed by atoms with Crippen molar-refractivity contribution in [2.24, 2.45) is 0 Å². The fourth-order valence-corrected chi connectivity index (χ4v) is 4.69. The third-order valence-corrected chi connectivity index (χ3v) is 6.52. The summed E-state index contributed by atoms with van der Waals surface area (Å²) >= 11 is 6.02. The minimum Gasteiger partial charge on any atom is -0.492 e. The average molecular weight is 557 g/mol. The molecule has 0 aliphatic heterocycles. The van der Waals surface area contributed by atoms with Gasteiger partial charge in [-0.05, 0) is 41.5 Å². The molecular weight excluding hydrogens is 541 g/mol. The zero-order valence-electron chi connectivity index (χ0n) is 19.6. The van der Waals surface area contributed by atoms with E-state index in [1.807, 2.05) is 0 Å². The molecule has 0 saturated heterocycles. The highest BCUT2D eigenvalue weighted by molar-refractivity contribution is 6.31. The summed E-state index contributed by atoms with van der Waals surface area (Å²) in [5.41, 5.74) is 0.231. The monoisotopic (exact) mass is 556 g/mol. The first-order valence-corrected chi connectivity index (χ1v) is 11.8. The van der Waals surface area contributed by atoms with Crippen LogP contribution in [0.1, 0.15) is 22.5 Å². The fourth-order valence-electron chi connectivity index (χ4n) is 4.53. The van der Waals surface area contributed by atoms with Crippen LogP contribution in [0.15, 0.2) is 79.2 Å². The molecule has 3 aromatic carbocycles. The van der Waals surface area contributed by atoms with Gasteiger partial charge in [0, 0.05) is 17.5 Å². The molecule has 3 aromatic heterocycles. The second-order valence-corrected chi connectivity index (χ2v) is 9.27. The molecule has 2 N–H and O–H groups in total. The van der Waals surface area contributed by atoms with Crippen LogP contribution in [0.5, 0.6) is 5.88 Å². The van der Waals surface area contributed by atoms with E-state index in [0.29, 0.717) is 27.1 Å². The Balaban J connectivity index is 1.49. The van der Waals surface area contributed by atoms with E-state index in [1.54, 1.807) is 36.4 Å². The van der Waals surface area contributed by atoms with Crippen molar-refractivity contribution in [2.75, 3.05) is 0 Å². The number of H-pyrrole nitrogens is 1. The number of hydrogen-bond donors (Lipinski definition) is 2. The molecule has 0 atom stereocenters. The van der Waals surface area contributed by atoms with Crippen LogP contribution in [-0.4, -0.2) is 24.4 Å². The highest BCUT2D eigenvalue weighted by atomic mass is 35.5. The lowest BCUT2D eigenvalue weighted by Gasteiger charge is -2.09. The maximum atomic E-state index is 13.7. The van der Waals surface area contributed by atoms with Gasteiger partial charge in [0.2, 0.25) is 5.88 Å². The van der Waals surface area contributed by atoms with Gasteiger partial charge in [0.15, 0.2) is 17.2 Å². The number of benzene rings is 3. The average Bonchev–Trinajstić information content (AvgIpc) is 3.51. The summed E-state index contributed by atoms with van der Waals surface area (Å²) in [6.07, 6.45) is -4.56. The quantitative estimate of drug-likeness (QED) is 0.300. The molecule has 39 heavy (non-hydrogen) atoms. The summed E-state index contributed by atoms with van der Waals surface area (Å²) in [5.74, 6) is -1.06. The molecule has 0 radical (unpaired) electrons. The van der Waals surface area contributed by atoms with Crippen molar-refractivity contribution in [3.63, 3.8) is 0 Å². The van der Waals surface area contributed by atoms with Gasteiger partial charge in [0.05, 0.1) is 28.5 Å². The predicted octanol–water partition coefficient (Wildman–Crippen LogP) is 5.23. The van der Waals surface area contributed by atoms with E-state index in [0.717, 1.165) is 12.1 Å². The van der Waals surface area contributed by atoms with Crippen molar-refractivity contribution in [3.05, 3.63) is 109 Å². The van der Waals surface area contributed by atoms with Crippen LogP contribution in [0, 0.1) is 0 Å². The third-order valence-electron chi connectivity index (χ3n) is 6.28. The summed E-state index contributed by atoms with van der Waals surface area (Å²) in [6.45, 7) is -0.0812. The molecule has 198 valence electrons. The van der Waals surface area contributed by atoms with E-state index in [4.69, 9.17) is 20.5 Å². The van der Waals surface area contributed by atoms with E-state index < -0.39 is 29.1 Å². The zero-order valence-corrected chi connectivity index (χ0v) is 20.4. The van der Waals surface area contributed by atoms with E-state index in [2.05, 4.69) is 10.1 Å². The number of oxazole rings is 1. The fraction of sp³-hybridized carbons (Fsp3) is 0.115. The largest absolute Gasteiger partial charge is 0.492 e. The maximum Gasteiger partial charge on any atom is 0.419 e. The molecule has 0 spiro atoms. The lowest BCUT2D eigenvalue weighted by Crippen LogP contribution is -2.24. The van der Waals surface area contributed by atoms with Crippen molar-refractivity contribution in [1.82, 2.24) is 19.3 Å². The van der Waals surface area contributed by atoms with Crippen LogP contribution in [-0.2, 0) is 19.1 Å². The van der Waals surface area contributed by atoms with Crippen LogP contribution in [0.25, 0.3) is 27.8 Å². The van der Waals surface area contributed by atoms with Gasteiger partial charge in [-0.25, -0.2) is 14.2 Å². The number of aromatic hydroxyl groups is 1. The molecule has 0 saturated carbocycles. The molecule has 0 bridgehead atoms. The van der Waals surface area contributed by atoms with Gasteiger partial charge in [-0.1, -0.05) is 41.0 Å². The standard InChI is InChI=1S/C26H16ClF3N4O5/c27-16-5-6-17-20(11-16)39-32-22(17)34-18-7-4-15(26(28,29)30)10-19(18)33(25(34)37)12-14-3-1-2-13(8-14)9-21-23(35)31-24(36)38-21/h1-8,10-11,35H,9,12H2,(H,31,36). The van der Waals surface area contributed by atoms with Crippen molar-refractivity contribution in [3.8, 4) is 11.7 Å². The molecule has 0 aliphatic rings. The van der Waals surface area contributed by atoms with Crippen LogP contribution < -0.4 is 11.4 Å². The lowest BCUT2D eigenvalue weighted by molar-refractivity contribution is -0.137. The zero-order chi connectivity index (χ0) is 27.5. The SMILES string of the molecule is O=c1[nH]c(O)c(Cc2cccc(Cn3c(=O)n(-c4noc5cc(Cl)ccc45)c4ccc(C(F)(F)F)cc43)c2)o1. The number of imidazole rings is 1. The summed E-state index contributed by atoms with van der Waals surface area (Å²) < 4.78 is 53.5. The number of nitrogens with zero attached hydrogens (tertiary/aromatic N) is 3. The van der Waals surface area contributed by atoms with Gasteiger partial charge in [-0.15, -0.1) is 0 Å². The van der Waals surface area contributed by atoms with Crippen molar-refractivity contribution < 1.29 is 27.2 Å². The van der Waals surface area contributed by atoms with Gasteiger partial charge >= 0.3 is 17.6 Å². The minimum absolute atomic E-state index is 0.0266. The molecule has 3 heterocycles. The Morgan fingerprint density at radius 2 is 1.79 bits per heavy atom. The second kappa shape index (κ2) is 8.95. The molecule has 0 amide bonds. The first kappa shape index (κ1) is 24.6. The number of aromatic amines is 1. The third kappa shape index (κ3) is 4.38. The minimum atomic E-state index is -4.63. The number of halogens is 4. The highest BCUT2D eigenvalue weighted by Gasteiger charge is 2.32. The van der Waals surface area contributed by atoms with Gasteiger partial charge in [0.1, 0.15) is 0 Å².